The smallest absolute Gasteiger partial charge is 0.318 e. The molecule has 0 saturated carbocycles. The third kappa shape index (κ3) is 4.83. The fourth-order valence-electron chi connectivity index (χ4n) is 5.37. The number of hydrogen-bond acceptors (Lipinski definition) is 7. The zero-order valence-electron chi connectivity index (χ0n) is 21.4. The third-order valence-corrected chi connectivity index (χ3v) is 7.55. The van der Waals surface area contributed by atoms with Gasteiger partial charge in [0.1, 0.15) is 5.82 Å². The van der Waals surface area contributed by atoms with Gasteiger partial charge in [-0.1, -0.05) is 35.9 Å². The van der Waals surface area contributed by atoms with Gasteiger partial charge in [-0.3, -0.25) is 0 Å². The highest BCUT2D eigenvalue weighted by atomic mass is 35.5. The molecule has 0 N–H and O–H groups in total. The van der Waals surface area contributed by atoms with Crippen LogP contribution < -0.4 is 14.5 Å². The summed E-state index contributed by atoms with van der Waals surface area (Å²) in [5.41, 5.74) is 4.59. The summed E-state index contributed by atoms with van der Waals surface area (Å²) >= 11 is 6.67. The van der Waals surface area contributed by atoms with Crippen LogP contribution in [0.1, 0.15) is 23.4 Å². The van der Waals surface area contributed by atoms with E-state index in [2.05, 4.69) is 62.6 Å². The van der Waals surface area contributed by atoms with Gasteiger partial charge in [0.15, 0.2) is 0 Å². The zero-order valence-corrected chi connectivity index (χ0v) is 22.2. The number of halogens is 1. The van der Waals surface area contributed by atoms with Crippen molar-refractivity contribution in [2.75, 3.05) is 50.1 Å². The molecule has 0 saturated heterocycles. The lowest BCUT2D eigenvalue weighted by Crippen LogP contribution is -2.37. The van der Waals surface area contributed by atoms with Gasteiger partial charge in [0.05, 0.1) is 42.4 Å². The number of nitrogens with zero attached hydrogens (tertiary/aromatic N) is 7. The molecule has 4 heterocycles. The van der Waals surface area contributed by atoms with Crippen molar-refractivity contribution >= 4 is 33.9 Å². The molecule has 37 heavy (non-hydrogen) atoms. The number of ether oxygens (including phenoxy) is 1. The summed E-state index contributed by atoms with van der Waals surface area (Å²) in [4.78, 5) is 21.1. The van der Waals surface area contributed by atoms with E-state index in [0.717, 1.165) is 78.6 Å². The number of hydrogen-bond donors (Lipinski definition) is 0. The minimum Gasteiger partial charge on any atom is -0.463 e. The molecule has 6 rings (SSSR count). The molecule has 2 aromatic carbocycles. The summed E-state index contributed by atoms with van der Waals surface area (Å²) in [7, 11) is 4.14. The Morgan fingerprint density at radius 2 is 1.86 bits per heavy atom. The Morgan fingerprint density at radius 1 is 1.00 bits per heavy atom. The van der Waals surface area contributed by atoms with E-state index in [1.165, 1.54) is 11.3 Å². The summed E-state index contributed by atoms with van der Waals surface area (Å²) in [5, 5.41) is 3.01. The Hall–Kier alpha value is -3.36. The van der Waals surface area contributed by atoms with Gasteiger partial charge in [-0.2, -0.15) is 9.97 Å². The van der Waals surface area contributed by atoms with Gasteiger partial charge >= 0.3 is 6.01 Å². The van der Waals surface area contributed by atoms with E-state index >= 15 is 0 Å². The Balaban J connectivity index is 1.34. The molecule has 0 spiro atoms. The van der Waals surface area contributed by atoms with E-state index < -0.39 is 0 Å². The largest absolute Gasteiger partial charge is 0.463 e. The van der Waals surface area contributed by atoms with E-state index in [4.69, 9.17) is 26.3 Å². The quantitative estimate of drug-likeness (QED) is 0.337. The first-order valence-electron chi connectivity index (χ1n) is 12.9. The molecule has 2 aliphatic rings. The van der Waals surface area contributed by atoms with Crippen LogP contribution in [-0.2, 0) is 26.1 Å². The van der Waals surface area contributed by atoms with E-state index in [1.54, 1.807) is 0 Å². The topological polar surface area (TPSA) is 62.6 Å². The van der Waals surface area contributed by atoms with E-state index in [9.17, 15) is 0 Å². The lowest BCUT2D eigenvalue weighted by atomic mass is 10.0. The summed E-state index contributed by atoms with van der Waals surface area (Å²) in [5.74, 6) is 0.996. The number of benzene rings is 2. The van der Waals surface area contributed by atoms with E-state index in [0.29, 0.717) is 19.2 Å². The third-order valence-electron chi connectivity index (χ3n) is 7.24. The van der Waals surface area contributed by atoms with Crippen LogP contribution in [0.15, 0.2) is 48.9 Å². The van der Waals surface area contributed by atoms with Crippen molar-refractivity contribution in [1.82, 2.24) is 24.4 Å². The normalized spacial score (nSPS) is 15.2. The van der Waals surface area contributed by atoms with Crippen molar-refractivity contribution in [2.24, 2.45) is 0 Å². The van der Waals surface area contributed by atoms with Crippen molar-refractivity contribution in [3.8, 4) is 6.01 Å². The number of fused-ring (bicyclic) bond motifs is 3. The molecule has 8 nitrogen and oxygen atoms in total. The average Bonchev–Trinajstić information content (AvgIpc) is 3.38. The molecule has 2 aliphatic heterocycles. The fraction of sp³-hybridized carbons (Fsp3) is 0.393. The van der Waals surface area contributed by atoms with Crippen LogP contribution in [0, 0.1) is 0 Å². The van der Waals surface area contributed by atoms with E-state index in [-0.39, 0.29) is 0 Å². The van der Waals surface area contributed by atoms with Crippen LogP contribution in [-0.4, -0.2) is 64.8 Å². The molecule has 0 radical (unpaired) electrons. The molecular weight excluding hydrogens is 486 g/mol. The predicted octanol–water partition coefficient (Wildman–Crippen LogP) is 4.39. The maximum absolute atomic E-state index is 6.67. The fourth-order valence-corrected chi connectivity index (χ4v) is 5.65. The summed E-state index contributed by atoms with van der Waals surface area (Å²) in [6.45, 7) is 5.68. The SMILES string of the molecule is CN(C)CCCOc1nc2c(c(N3CCn4cncc4C3)n1)CCN(c1cccc3cccc(Cl)c13)C2. The minimum absolute atomic E-state index is 0.462. The summed E-state index contributed by atoms with van der Waals surface area (Å²) < 4.78 is 8.32. The first-order valence-corrected chi connectivity index (χ1v) is 13.3. The minimum atomic E-state index is 0.462. The van der Waals surface area contributed by atoms with Crippen LogP contribution in [0.3, 0.4) is 0 Å². The monoisotopic (exact) mass is 517 g/mol. The Morgan fingerprint density at radius 3 is 2.73 bits per heavy atom. The van der Waals surface area contributed by atoms with Gasteiger partial charge in [-0.25, -0.2) is 4.98 Å². The van der Waals surface area contributed by atoms with Crippen molar-refractivity contribution in [3.05, 3.63) is 70.9 Å². The highest BCUT2D eigenvalue weighted by molar-refractivity contribution is 6.36. The Labute approximate surface area is 222 Å². The standard InChI is InChI=1S/C28H32ClN7O/c1-33(2)11-5-15-37-28-31-24-18-34(25-9-4-7-20-6-3-8-23(29)26(20)25)12-10-22(24)27(32-28)35-13-14-36-19-30-16-21(36)17-35/h3-4,6-9,16,19H,5,10-15,17-18H2,1-2H3. The second kappa shape index (κ2) is 10.2. The molecule has 0 unspecified atom stereocenters. The number of aromatic nitrogens is 4. The van der Waals surface area contributed by atoms with Gasteiger partial charge in [-0.05, 0) is 44.5 Å². The molecule has 0 aliphatic carbocycles. The molecule has 0 bridgehead atoms. The predicted molar refractivity (Wildman–Crippen MR) is 148 cm³/mol. The van der Waals surface area contributed by atoms with Crippen molar-refractivity contribution in [3.63, 3.8) is 0 Å². The van der Waals surface area contributed by atoms with Gasteiger partial charge in [-0.15, -0.1) is 0 Å². The Bertz CT molecular complexity index is 1410. The summed E-state index contributed by atoms with van der Waals surface area (Å²) in [6, 6.07) is 12.9. The molecule has 0 amide bonds. The number of rotatable bonds is 7. The van der Waals surface area contributed by atoms with Gasteiger partial charge < -0.3 is 24.0 Å². The second-order valence-corrected chi connectivity index (χ2v) is 10.5. The molecule has 2 aromatic heterocycles. The highest BCUT2D eigenvalue weighted by Crippen LogP contribution is 2.37. The zero-order chi connectivity index (χ0) is 25.4. The lowest BCUT2D eigenvalue weighted by molar-refractivity contribution is 0.262. The lowest BCUT2D eigenvalue weighted by Gasteiger charge is -2.35. The van der Waals surface area contributed by atoms with Gasteiger partial charge in [0, 0.05) is 49.0 Å². The molecule has 0 fully saturated rings. The molecule has 192 valence electrons. The van der Waals surface area contributed by atoms with Crippen LogP contribution in [0.4, 0.5) is 11.5 Å². The van der Waals surface area contributed by atoms with Crippen LogP contribution >= 0.6 is 11.6 Å². The molecule has 0 atom stereocenters. The second-order valence-electron chi connectivity index (χ2n) is 10.0. The average molecular weight is 518 g/mol. The Kier molecular flexibility index (Phi) is 6.61. The van der Waals surface area contributed by atoms with Crippen LogP contribution in [0.2, 0.25) is 5.02 Å². The number of imidazole rings is 1. The highest BCUT2D eigenvalue weighted by Gasteiger charge is 2.28. The number of anilines is 2. The van der Waals surface area contributed by atoms with Gasteiger partial charge in [0.2, 0.25) is 0 Å². The van der Waals surface area contributed by atoms with Crippen LogP contribution in [0.5, 0.6) is 6.01 Å². The van der Waals surface area contributed by atoms with Crippen molar-refractivity contribution in [2.45, 2.75) is 32.5 Å². The maximum Gasteiger partial charge on any atom is 0.318 e. The molecule has 4 aromatic rings. The van der Waals surface area contributed by atoms with Crippen molar-refractivity contribution in [1.29, 1.82) is 0 Å². The van der Waals surface area contributed by atoms with Crippen LogP contribution in [0.25, 0.3) is 10.8 Å². The van der Waals surface area contributed by atoms with Crippen molar-refractivity contribution < 1.29 is 4.74 Å². The van der Waals surface area contributed by atoms with Gasteiger partial charge in [0.25, 0.3) is 0 Å². The molecule has 9 heteroatoms. The first kappa shape index (κ1) is 24.0. The maximum atomic E-state index is 6.67. The van der Waals surface area contributed by atoms with E-state index in [1.807, 2.05) is 24.7 Å². The first-order chi connectivity index (χ1) is 18.1. The molecular formula is C28H32ClN7O. The summed E-state index contributed by atoms with van der Waals surface area (Å²) in [6.07, 6.45) is 5.65.